The summed E-state index contributed by atoms with van der Waals surface area (Å²) in [6.07, 6.45) is 0. The molecule has 0 aliphatic rings. The van der Waals surface area contributed by atoms with Crippen molar-refractivity contribution >= 4 is 11.5 Å². The average molecular weight is 208 g/mol. The smallest absolute Gasteiger partial charge is 0.338 e. The van der Waals surface area contributed by atoms with Crippen molar-refractivity contribution in [1.29, 1.82) is 0 Å². The van der Waals surface area contributed by atoms with Crippen molar-refractivity contribution in [1.82, 2.24) is 0 Å². The Balaban J connectivity index is 2.92. The first-order chi connectivity index (χ1) is 7.06. The lowest BCUT2D eigenvalue weighted by Crippen LogP contribution is -2.05. The van der Waals surface area contributed by atoms with Crippen molar-refractivity contribution in [3.63, 3.8) is 0 Å². The van der Waals surface area contributed by atoms with E-state index in [0.29, 0.717) is 5.56 Å². The van der Waals surface area contributed by atoms with Crippen LogP contribution in [0.5, 0.6) is 11.5 Å². The number of hydrogen-bond acceptors (Lipinski definition) is 4. The maximum absolute atomic E-state index is 11.3. The number of hydrogen-bond donors (Lipinski definition) is 2. The van der Waals surface area contributed by atoms with Crippen LogP contribution >= 0.6 is 0 Å². The third-order valence-corrected chi connectivity index (χ3v) is 1.85. The third kappa shape index (κ3) is 2.49. The SMILES string of the molecule is C=C(C(=O)OCC)c1ccc(O)c(O)c1. The molecule has 0 aromatic heterocycles. The summed E-state index contributed by atoms with van der Waals surface area (Å²) in [6, 6.07) is 4.03. The third-order valence-electron chi connectivity index (χ3n) is 1.85. The molecule has 4 nitrogen and oxygen atoms in total. The molecule has 0 atom stereocenters. The van der Waals surface area contributed by atoms with Crippen LogP contribution in [0, 0.1) is 0 Å². The first-order valence-corrected chi connectivity index (χ1v) is 4.44. The van der Waals surface area contributed by atoms with Gasteiger partial charge < -0.3 is 14.9 Å². The van der Waals surface area contributed by atoms with Gasteiger partial charge in [-0.2, -0.15) is 0 Å². The topological polar surface area (TPSA) is 66.8 Å². The first kappa shape index (κ1) is 11.1. The number of phenolic OH excluding ortho intramolecular Hbond substituents is 2. The Kier molecular flexibility index (Phi) is 3.33. The van der Waals surface area contributed by atoms with E-state index in [1.807, 2.05) is 0 Å². The Labute approximate surface area is 87.4 Å². The fourth-order valence-electron chi connectivity index (χ4n) is 1.05. The largest absolute Gasteiger partial charge is 0.504 e. The van der Waals surface area contributed by atoms with Gasteiger partial charge in [0.15, 0.2) is 11.5 Å². The molecular formula is C11H12O4. The van der Waals surface area contributed by atoms with Crippen LogP contribution in [0.1, 0.15) is 12.5 Å². The molecule has 0 fully saturated rings. The maximum atomic E-state index is 11.3. The molecule has 0 unspecified atom stereocenters. The molecule has 4 heteroatoms. The summed E-state index contributed by atoms with van der Waals surface area (Å²) >= 11 is 0. The molecule has 0 saturated heterocycles. The summed E-state index contributed by atoms with van der Waals surface area (Å²) in [7, 11) is 0. The molecule has 80 valence electrons. The quantitative estimate of drug-likeness (QED) is 0.450. The van der Waals surface area contributed by atoms with E-state index < -0.39 is 5.97 Å². The van der Waals surface area contributed by atoms with Crippen LogP contribution < -0.4 is 0 Å². The number of phenols is 2. The summed E-state index contributed by atoms with van der Waals surface area (Å²) < 4.78 is 4.75. The highest BCUT2D eigenvalue weighted by Crippen LogP contribution is 2.27. The van der Waals surface area contributed by atoms with Gasteiger partial charge in [-0.05, 0) is 24.6 Å². The van der Waals surface area contributed by atoms with Gasteiger partial charge in [0.05, 0.1) is 12.2 Å². The van der Waals surface area contributed by atoms with Gasteiger partial charge in [-0.15, -0.1) is 0 Å². The zero-order chi connectivity index (χ0) is 11.4. The standard InChI is InChI=1S/C11H12O4/c1-3-15-11(14)7(2)8-4-5-9(12)10(13)6-8/h4-6,12-13H,2-3H2,1H3. The maximum Gasteiger partial charge on any atom is 0.338 e. The van der Waals surface area contributed by atoms with Gasteiger partial charge in [-0.1, -0.05) is 12.6 Å². The molecule has 1 aromatic carbocycles. The fourth-order valence-corrected chi connectivity index (χ4v) is 1.05. The highest BCUT2D eigenvalue weighted by molar-refractivity contribution is 6.15. The number of rotatable bonds is 3. The van der Waals surface area contributed by atoms with Crippen LogP contribution in [0.3, 0.4) is 0 Å². The Morgan fingerprint density at radius 1 is 1.40 bits per heavy atom. The van der Waals surface area contributed by atoms with Gasteiger partial charge in [0.1, 0.15) is 0 Å². The van der Waals surface area contributed by atoms with E-state index in [4.69, 9.17) is 9.84 Å². The van der Waals surface area contributed by atoms with E-state index in [9.17, 15) is 9.90 Å². The second kappa shape index (κ2) is 4.50. The average Bonchev–Trinajstić information content (AvgIpc) is 2.21. The Bertz CT molecular complexity index is 396. The summed E-state index contributed by atoms with van der Waals surface area (Å²) in [5, 5.41) is 18.3. The summed E-state index contributed by atoms with van der Waals surface area (Å²) in [6.45, 7) is 5.51. The van der Waals surface area contributed by atoms with Crippen molar-refractivity contribution in [3.05, 3.63) is 30.3 Å². The molecule has 0 aliphatic carbocycles. The number of esters is 1. The van der Waals surface area contributed by atoms with Gasteiger partial charge in [0.25, 0.3) is 0 Å². The Morgan fingerprint density at radius 2 is 2.07 bits per heavy atom. The fraction of sp³-hybridized carbons (Fsp3) is 0.182. The molecule has 0 heterocycles. The lowest BCUT2D eigenvalue weighted by molar-refractivity contribution is -0.136. The predicted molar refractivity (Wildman–Crippen MR) is 55.4 cm³/mol. The molecule has 0 radical (unpaired) electrons. The molecule has 0 aliphatic heterocycles. The van der Waals surface area contributed by atoms with Crippen LogP contribution in [0.4, 0.5) is 0 Å². The number of benzene rings is 1. The van der Waals surface area contributed by atoms with Crippen molar-refractivity contribution in [3.8, 4) is 11.5 Å². The van der Waals surface area contributed by atoms with Crippen LogP contribution in [-0.4, -0.2) is 22.8 Å². The van der Waals surface area contributed by atoms with Crippen LogP contribution in [0.2, 0.25) is 0 Å². The van der Waals surface area contributed by atoms with Gasteiger partial charge >= 0.3 is 5.97 Å². The molecule has 15 heavy (non-hydrogen) atoms. The second-order valence-corrected chi connectivity index (χ2v) is 2.90. The van der Waals surface area contributed by atoms with Gasteiger partial charge in [0, 0.05) is 0 Å². The zero-order valence-electron chi connectivity index (χ0n) is 8.36. The van der Waals surface area contributed by atoms with Crippen LogP contribution in [0.25, 0.3) is 5.57 Å². The van der Waals surface area contributed by atoms with Crippen molar-refractivity contribution in [2.45, 2.75) is 6.92 Å². The molecule has 0 saturated carbocycles. The highest BCUT2D eigenvalue weighted by atomic mass is 16.5. The molecule has 2 N–H and O–H groups in total. The molecule has 0 bridgehead atoms. The number of ether oxygens (including phenoxy) is 1. The first-order valence-electron chi connectivity index (χ1n) is 4.44. The number of carbonyl (C=O) groups is 1. The Hall–Kier alpha value is -1.97. The lowest BCUT2D eigenvalue weighted by atomic mass is 10.1. The predicted octanol–water partition coefficient (Wildman–Crippen LogP) is 1.67. The Morgan fingerprint density at radius 3 is 2.60 bits per heavy atom. The summed E-state index contributed by atoms with van der Waals surface area (Å²) in [5.74, 6) is -1.07. The van der Waals surface area contributed by atoms with E-state index in [1.165, 1.54) is 18.2 Å². The monoisotopic (exact) mass is 208 g/mol. The van der Waals surface area contributed by atoms with Crippen molar-refractivity contribution < 1.29 is 19.7 Å². The lowest BCUT2D eigenvalue weighted by Gasteiger charge is -2.06. The molecule has 1 rings (SSSR count). The van der Waals surface area contributed by atoms with E-state index >= 15 is 0 Å². The second-order valence-electron chi connectivity index (χ2n) is 2.90. The van der Waals surface area contributed by atoms with E-state index in [-0.39, 0.29) is 23.7 Å². The minimum atomic E-state index is -0.539. The normalized spacial score (nSPS) is 9.67. The molecule has 0 spiro atoms. The summed E-state index contributed by atoms with van der Waals surface area (Å²) in [4.78, 5) is 11.3. The van der Waals surface area contributed by atoms with Gasteiger partial charge in [-0.25, -0.2) is 4.79 Å². The van der Waals surface area contributed by atoms with E-state index in [1.54, 1.807) is 6.92 Å². The van der Waals surface area contributed by atoms with Crippen molar-refractivity contribution in [2.75, 3.05) is 6.61 Å². The van der Waals surface area contributed by atoms with Gasteiger partial charge in [-0.3, -0.25) is 0 Å². The van der Waals surface area contributed by atoms with Crippen molar-refractivity contribution in [2.24, 2.45) is 0 Å². The van der Waals surface area contributed by atoms with Crippen LogP contribution in [-0.2, 0) is 9.53 Å². The van der Waals surface area contributed by atoms with Gasteiger partial charge in [0.2, 0.25) is 0 Å². The van der Waals surface area contributed by atoms with E-state index in [0.717, 1.165) is 0 Å². The number of aromatic hydroxyl groups is 2. The zero-order valence-corrected chi connectivity index (χ0v) is 8.36. The molecular weight excluding hydrogens is 196 g/mol. The summed E-state index contributed by atoms with van der Waals surface area (Å²) in [5.41, 5.74) is 0.566. The minimum Gasteiger partial charge on any atom is -0.504 e. The minimum absolute atomic E-state index is 0.146. The van der Waals surface area contributed by atoms with Crippen LogP contribution in [0.15, 0.2) is 24.8 Å². The molecule has 0 amide bonds. The molecule has 1 aromatic rings. The number of carbonyl (C=O) groups excluding carboxylic acids is 1. The van der Waals surface area contributed by atoms with E-state index in [2.05, 4.69) is 6.58 Å². The highest BCUT2D eigenvalue weighted by Gasteiger charge is 2.11.